The van der Waals surface area contributed by atoms with Crippen LogP contribution < -0.4 is 0 Å². The number of fused-ring (bicyclic) bond motifs is 1. The topological polar surface area (TPSA) is 13.1 Å². The van der Waals surface area contributed by atoms with Crippen LogP contribution in [0.5, 0.6) is 0 Å². The van der Waals surface area contributed by atoms with Gasteiger partial charge in [0.1, 0.15) is 11.3 Å². The molecule has 0 atom stereocenters. The van der Waals surface area contributed by atoms with Crippen molar-refractivity contribution in [1.82, 2.24) is 0 Å². The molecule has 1 aromatic heterocycles. The monoisotopic (exact) mass is 224 g/mol. The highest BCUT2D eigenvalue weighted by Crippen LogP contribution is 2.28. The molecule has 0 fully saturated rings. The first-order chi connectivity index (χ1) is 8.11. The fraction of sp³-hybridized carbons (Fsp3) is 0.250. The summed E-state index contributed by atoms with van der Waals surface area (Å²) in [5.74, 6) is 3.59. The Balaban J connectivity index is 2.71. The zero-order valence-corrected chi connectivity index (χ0v) is 10.5. The minimum absolute atomic E-state index is 0.606. The molecule has 0 bridgehead atoms. The highest BCUT2D eigenvalue weighted by Gasteiger charge is 2.11. The van der Waals surface area contributed by atoms with E-state index in [0.717, 1.165) is 22.3 Å². The lowest BCUT2D eigenvalue weighted by atomic mass is 10.1. The molecule has 0 aliphatic heterocycles. The van der Waals surface area contributed by atoms with Crippen molar-refractivity contribution in [3.63, 3.8) is 0 Å². The maximum atomic E-state index is 5.87. The van der Waals surface area contributed by atoms with Gasteiger partial charge in [-0.3, -0.25) is 0 Å². The molecule has 2 aromatic rings. The zero-order valence-electron chi connectivity index (χ0n) is 10.5. The Morgan fingerprint density at radius 3 is 2.82 bits per heavy atom. The Morgan fingerprint density at radius 1 is 1.41 bits per heavy atom. The molecule has 1 aromatic carbocycles. The second kappa shape index (κ2) is 4.51. The minimum Gasteiger partial charge on any atom is -0.456 e. The van der Waals surface area contributed by atoms with Gasteiger partial charge in [-0.05, 0) is 38.5 Å². The summed E-state index contributed by atoms with van der Waals surface area (Å²) in [6.45, 7) is 6.17. The quantitative estimate of drug-likeness (QED) is 0.691. The average Bonchev–Trinajstić information content (AvgIpc) is 2.55. The van der Waals surface area contributed by atoms with Gasteiger partial charge in [-0.2, -0.15) is 0 Å². The van der Waals surface area contributed by atoms with E-state index >= 15 is 0 Å². The molecule has 86 valence electrons. The first kappa shape index (κ1) is 11.5. The van der Waals surface area contributed by atoms with Gasteiger partial charge in [0.05, 0.1) is 0 Å². The summed E-state index contributed by atoms with van der Waals surface area (Å²) < 4.78 is 5.87. The summed E-state index contributed by atoms with van der Waals surface area (Å²) >= 11 is 0. The Morgan fingerprint density at radius 2 is 2.18 bits per heavy atom. The van der Waals surface area contributed by atoms with E-state index in [1.807, 2.05) is 6.08 Å². The Labute approximate surface area is 102 Å². The van der Waals surface area contributed by atoms with Crippen molar-refractivity contribution in [3.05, 3.63) is 40.7 Å². The van der Waals surface area contributed by atoms with E-state index in [9.17, 15) is 0 Å². The van der Waals surface area contributed by atoms with Crippen LogP contribution in [0.3, 0.4) is 0 Å². The summed E-state index contributed by atoms with van der Waals surface area (Å²) in [6.07, 6.45) is 8.08. The van der Waals surface area contributed by atoms with Crippen LogP contribution >= 0.6 is 0 Å². The number of benzene rings is 1. The van der Waals surface area contributed by atoms with Crippen molar-refractivity contribution in [1.29, 1.82) is 0 Å². The molecule has 0 radical (unpaired) electrons. The van der Waals surface area contributed by atoms with Gasteiger partial charge >= 0.3 is 0 Å². The predicted octanol–water partition coefficient (Wildman–Crippen LogP) is 4.34. The molecule has 1 heterocycles. The predicted molar refractivity (Wildman–Crippen MR) is 72.8 cm³/mol. The van der Waals surface area contributed by atoms with Gasteiger partial charge < -0.3 is 4.42 Å². The van der Waals surface area contributed by atoms with Crippen LogP contribution in [-0.2, 0) is 6.42 Å². The third kappa shape index (κ3) is 2.26. The first-order valence-corrected chi connectivity index (χ1v) is 5.72. The molecule has 0 N–H and O–H groups in total. The number of aryl methyl sites for hydroxylation is 1. The Hall–Kier alpha value is -1.94. The molecule has 1 heteroatoms. The molecule has 0 saturated heterocycles. The first-order valence-electron chi connectivity index (χ1n) is 5.72. The van der Waals surface area contributed by atoms with Gasteiger partial charge in [0, 0.05) is 17.4 Å². The van der Waals surface area contributed by atoms with Gasteiger partial charge in [-0.1, -0.05) is 17.7 Å². The number of allylic oxidation sites excluding steroid dienone is 1. The van der Waals surface area contributed by atoms with Crippen molar-refractivity contribution in [2.75, 3.05) is 0 Å². The molecule has 0 unspecified atom stereocenters. The van der Waals surface area contributed by atoms with E-state index in [-0.39, 0.29) is 0 Å². The normalized spacial score (nSPS) is 10.2. The van der Waals surface area contributed by atoms with E-state index in [4.69, 9.17) is 10.8 Å². The number of hydrogen-bond acceptors (Lipinski definition) is 1. The molecular weight excluding hydrogens is 208 g/mol. The van der Waals surface area contributed by atoms with Crippen LogP contribution in [-0.4, -0.2) is 0 Å². The highest BCUT2D eigenvalue weighted by molar-refractivity contribution is 5.85. The minimum atomic E-state index is 0.606. The second-order valence-electron chi connectivity index (χ2n) is 4.55. The zero-order chi connectivity index (χ0) is 12.4. The summed E-state index contributed by atoms with van der Waals surface area (Å²) in [4.78, 5) is 0. The number of furan rings is 1. The summed E-state index contributed by atoms with van der Waals surface area (Å²) in [7, 11) is 0. The Bertz CT molecular complexity index is 617. The third-order valence-corrected chi connectivity index (χ3v) is 2.68. The molecule has 0 aliphatic carbocycles. The molecule has 17 heavy (non-hydrogen) atoms. The lowest BCUT2D eigenvalue weighted by Gasteiger charge is -1.95. The molecule has 1 nitrogen and oxygen atoms in total. The fourth-order valence-electron chi connectivity index (χ4n) is 1.94. The number of rotatable bonds is 2. The van der Waals surface area contributed by atoms with Gasteiger partial charge in [-0.25, -0.2) is 0 Å². The lowest BCUT2D eigenvalue weighted by molar-refractivity contribution is 0.599. The second-order valence-corrected chi connectivity index (χ2v) is 4.55. The van der Waals surface area contributed by atoms with E-state index < -0.39 is 0 Å². The maximum Gasteiger partial charge on any atom is 0.135 e. The summed E-state index contributed by atoms with van der Waals surface area (Å²) in [6, 6.07) is 6.23. The Kier molecular flexibility index (Phi) is 3.06. The van der Waals surface area contributed by atoms with E-state index in [1.165, 1.54) is 11.1 Å². The molecular formula is C16H16O. The van der Waals surface area contributed by atoms with Crippen molar-refractivity contribution in [3.8, 4) is 12.3 Å². The van der Waals surface area contributed by atoms with E-state index in [2.05, 4.69) is 44.9 Å². The van der Waals surface area contributed by atoms with Crippen molar-refractivity contribution >= 4 is 17.0 Å². The standard InChI is InChI=1S/C16H16O/c1-5-6-13-14-8-7-12(4)10-16(14)17-15(13)9-11(2)3/h1,7-10H,6H2,2-4H3. The van der Waals surface area contributed by atoms with Crippen LogP contribution in [0.25, 0.3) is 17.0 Å². The van der Waals surface area contributed by atoms with Crippen LogP contribution in [0, 0.1) is 19.3 Å². The van der Waals surface area contributed by atoms with E-state index in [1.54, 1.807) is 0 Å². The summed E-state index contributed by atoms with van der Waals surface area (Å²) in [5.41, 5.74) is 4.44. The van der Waals surface area contributed by atoms with Crippen molar-refractivity contribution in [2.45, 2.75) is 27.2 Å². The van der Waals surface area contributed by atoms with Crippen molar-refractivity contribution < 1.29 is 4.42 Å². The number of terminal acetylenes is 1. The van der Waals surface area contributed by atoms with Crippen LogP contribution in [0.2, 0.25) is 0 Å². The van der Waals surface area contributed by atoms with Gasteiger partial charge in [0.25, 0.3) is 0 Å². The molecule has 2 rings (SSSR count). The molecule has 0 spiro atoms. The van der Waals surface area contributed by atoms with Crippen LogP contribution in [0.15, 0.2) is 28.2 Å². The van der Waals surface area contributed by atoms with Crippen LogP contribution in [0.4, 0.5) is 0 Å². The maximum absolute atomic E-state index is 5.87. The van der Waals surface area contributed by atoms with Gasteiger partial charge in [-0.15, -0.1) is 12.3 Å². The third-order valence-electron chi connectivity index (χ3n) is 2.68. The molecule has 0 aliphatic rings. The van der Waals surface area contributed by atoms with Gasteiger partial charge in [0.2, 0.25) is 0 Å². The van der Waals surface area contributed by atoms with Gasteiger partial charge in [0.15, 0.2) is 0 Å². The SMILES string of the molecule is C#CCc1c(C=C(C)C)oc2cc(C)ccc12. The fourth-order valence-corrected chi connectivity index (χ4v) is 1.94. The van der Waals surface area contributed by atoms with Crippen LogP contribution in [0.1, 0.15) is 30.7 Å². The average molecular weight is 224 g/mol. The lowest BCUT2D eigenvalue weighted by Crippen LogP contribution is -1.83. The molecule has 0 saturated carbocycles. The van der Waals surface area contributed by atoms with Crippen molar-refractivity contribution in [2.24, 2.45) is 0 Å². The highest BCUT2D eigenvalue weighted by atomic mass is 16.3. The summed E-state index contributed by atoms with van der Waals surface area (Å²) in [5, 5.41) is 1.13. The van der Waals surface area contributed by atoms with E-state index in [0.29, 0.717) is 6.42 Å². The number of hydrogen-bond donors (Lipinski definition) is 0. The molecule has 0 amide bonds. The smallest absolute Gasteiger partial charge is 0.135 e. The largest absolute Gasteiger partial charge is 0.456 e.